The van der Waals surface area contributed by atoms with Crippen LogP contribution in [0.15, 0.2) is 42.5 Å². The standard InChI is InChI=1S/C18H14ClF3O3/c1-24-16(23)11-2-5-13(6-3-11)25-15-7-4-12(10-14(15)19)17(8-9-17)18(20,21)22/h2-7,10H,8-9H2,1H3. The minimum absolute atomic E-state index is 0.0715. The van der Waals surface area contributed by atoms with E-state index in [0.29, 0.717) is 11.3 Å². The van der Waals surface area contributed by atoms with Gasteiger partial charge in [0, 0.05) is 0 Å². The van der Waals surface area contributed by atoms with Gasteiger partial charge in [0.15, 0.2) is 0 Å². The van der Waals surface area contributed by atoms with Crippen molar-refractivity contribution in [2.24, 2.45) is 0 Å². The van der Waals surface area contributed by atoms with Crippen LogP contribution in [-0.2, 0) is 10.2 Å². The highest BCUT2D eigenvalue weighted by molar-refractivity contribution is 6.32. The van der Waals surface area contributed by atoms with Gasteiger partial charge in [-0.05, 0) is 54.8 Å². The summed E-state index contributed by atoms with van der Waals surface area (Å²) in [6.45, 7) is 0. The molecule has 0 N–H and O–H groups in total. The summed E-state index contributed by atoms with van der Waals surface area (Å²) >= 11 is 6.10. The highest BCUT2D eigenvalue weighted by Crippen LogP contribution is 2.59. The Labute approximate surface area is 147 Å². The molecule has 1 saturated carbocycles. The molecule has 0 unspecified atom stereocenters. The Balaban J connectivity index is 1.79. The Morgan fingerprint density at radius 1 is 1.12 bits per heavy atom. The number of hydrogen-bond donors (Lipinski definition) is 0. The molecule has 0 bridgehead atoms. The predicted octanol–water partition coefficient (Wildman–Crippen LogP) is 5.51. The average Bonchev–Trinajstić information content (AvgIpc) is 3.38. The minimum Gasteiger partial charge on any atom is -0.465 e. The molecule has 2 aromatic carbocycles. The molecule has 7 heteroatoms. The minimum atomic E-state index is -4.29. The molecular weight excluding hydrogens is 357 g/mol. The predicted molar refractivity (Wildman–Crippen MR) is 86.3 cm³/mol. The van der Waals surface area contributed by atoms with E-state index in [1.54, 1.807) is 12.1 Å². The molecule has 3 rings (SSSR count). The van der Waals surface area contributed by atoms with Crippen molar-refractivity contribution in [2.75, 3.05) is 7.11 Å². The van der Waals surface area contributed by atoms with E-state index < -0.39 is 17.6 Å². The van der Waals surface area contributed by atoms with Gasteiger partial charge < -0.3 is 9.47 Å². The molecule has 1 aliphatic carbocycles. The molecule has 0 heterocycles. The van der Waals surface area contributed by atoms with Crippen LogP contribution in [0.25, 0.3) is 0 Å². The van der Waals surface area contributed by atoms with Crippen LogP contribution in [0.3, 0.4) is 0 Å². The summed E-state index contributed by atoms with van der Waals surface area (Å²) in [5.41, 5.74) is -1.27. The molecule has 2 aromatic rings. The van der Waals surface area contributed by atoms with Gasteiger partial charge in [-0.1, -0.05) is 17.7 Å². The second-order valence-electron chi connectivity index (χ2n) is 5.84. The van der Waals surface area contributed by atoms with Crippen molar-refractivity contribution in [3.05, 3.63) is 58.6 Å². The molecule has 1 fully saturated rings. The summed E-state index contributed by atoms with van der Waals surface area (Å²) in [6.07, 6.45) is -4.15. The summed E-state index contributed by atoms with van der Waals surface area (Å²) in [5, 5.41) is 0.102. The molecule has 0 radical (unpaired) electrons. The number of methoxy groups -OCH3 is 1. The summed E-state index contributed by atoms with van der Waals surface area (Å²) in [6, 6.07) is 10.3. The van der Waals surface area contributed by atoms with Crippen molar-refractivity contribution in [3.8, 4) is 11.5 Å². The SMILES string of the molecule is COC(=O)c1ccc(Oc2ccc(C3(C(F)(F)F)CC3)cc2Cl)cc1. The monoisotopic (exact) mass is 370 g/mol. The average molecular weight is 371 g/mol. The number of esters is 1. The number of benzene rings is 2. The molecule has 25 heavy (non-hydrogen) atoms. The first-order chi connectivity index (χ1) is 11.8. The lowest BCUT2D eigenvalue weighted by Gasteiger charge is -2.20. The maximum Gasteiger partial charge on any atom is 0.398 e. The number of carbonyl (C=O) groups excluding carboxylic acids is 1. The van der Waals surface area contributed by atoms with Crippen LogP contribution in [0.5, 0.6) is 11.5 Å². The number of carbonyl (C=O) groups is 1. The van der Waals surface area contributed by atoms with E-state index in [-0.39, 0.29) is 29.2 Å². The fourth-order valence-corrected chi connectivity index (χ4v) is 2.87. The maximum atomic E-state index is 13.2. The summed E-state index contributed by atoms with van der Waals surface area (Å²) in [5.74, 6) is 0.171. The second kappa shape index (κ2) is 6.26. The van der Waals surface area contributed by atoms with Gasteiger partial charge in [-0.25, -0.2) is 4.79 Å². The van der Waals surface area contributed by atoms with E-state index in [2.05, 4.69) is 4.74 Å². The zero-order chi connectivity index (χ0) is 18.2. The van der Waals surface area contributed by atoms with Crippen LogP contribution < -0.4 is 4.74 Å². The molecule has 1 aliphatic rings. The van der Waals surface area contributed by atoms with E-state index in [1.165, 1.54) is 37.4 Å². The lowest BCUT2D eigenvalue weighted by atomic mass is 9.95. The van der Waals surface area contributed by atoms with Crippen LogP contribution in [0.1, 0.15) is 28.8 Å². The molecule has 132 valence electrons. The van der Waals surface area contributed by atoms with Gasteiger partial charge in [0.05, 0.1) is 23.1 Å². The van der Waals surface area contributed by atoms with E-state index in [4.69, 9.17) is 16.3 Å². The Bertz CT molecular complexity index is 796. The Hall–Kier alpha value is -2.21. The van der Waals surface area contributed by atoms with Crippen LogP contribution in [0, 0.1) is 0 Å². The zero-order valence-electron chi connectivity index (χ0n) is 13.2. The zero-order valence-corrected chi connectivity index (χ0v) is 13.9. The van der Waals surface area contributed by atoms with Gasteiger partial charge in [-0.15, -0.1) is 0 Å². The van der Waals surface area contributed by atoms with Crippen molar-refractivity contribution in [3.63, 3.8) is 0 Å². The fourth-order valence-electron chi connectivity index (χ4n) is 2.65. The number of halogens is 4. The highest BCUT2D eigenvalue weighted by Gasteiger charge is 2.64. The largest absolute Gasteiger partial charge is 0.465 e. The third kappa shape index (κ3) is 3.31. The first-order valence-corrected chi connectivity index (χ1v) is 7.88. The van der Waals surface area contributed by atoms with E-state index in [0.717, 1.165) is 0 Å². The molecule has 0 amide bonds. The first kappa shape index (κ1) is 17.6. The highest BCUT2D eigenvalue weighted by atomic mass is 35.5. The van der Waals surface area contributed by atoms with Gasteiger partial charge in [-0.3, -0.25) is 0 Å². The third-order valence-electron chi connectivity index (χ3n) is 4.28. The fraction of sp³-hybridized carbons (Fsp3) is 0.278. The molecule has 0 aliphatic heterocycles. The summed E-state index contributed by atoms with van der Waals surface area (Å²) in [7, 11) is 1.28. The topological polar surface area (TPSA) is 35.5 Å². The maximum absolute atomic E-state index is 13.2. The number of alkyl halides is 3. The molecule has 3 nitrogen and oxygen atoms in total. The van der Waals surface area contributed by atoms with E-state index >= 15 is 0 Å². The van der Waals surface area contributed by atoms with Gasteiger partial charge in [0.2, 0.25) is 0 Å². The number of ether oxygens (including phenoxy) is 2. The molecule has 0 saturated heterocycles. The van der Waals surface area contributed by atoms with Gasteiger partial charge >= 0.3 is 12.1 Å². The molecule has 0 aromatic heterocycles. The lowest BCUT2D eigenvalue weighted by Crippen LogP contribution is -2.28. The van der Waals surface area contributed by atoms with Gasteiger partial charge in [-0.2, -0.15) is 13.2 Å². The summed E-state index contributed by atoms with van der Waals surface area (Å²) < 4.78 is 49.7. The smallest absolute Gasteiger partial charge is 0.398 e. The third-order valence-corrected chi connectivity index (χ3v) is 4.58. The normalized spacial score (nSPS) is 15.6. The Kier molecular flexibility index (Phi) is 4.41. The molecule has 0 atom stereocenters. The second-order valence-corrected chi connectivity index (χ2v) is 6.25. The van der Waals surface area contributed by atoms with Crippen molar-refractivity contribution in [1.82, 2.24) is 0 Å². The van der Waals surface area contributed by atoms with Gasteiger partial charge in [0.25, 0.3) is 0 Å². The number of rotatable bonds is 4. The van der Waals surface area contributed by atoms with Crippen molar-refractivity contribution >= 4 is 17.6 Å². The van der Waals surface area contributed by atoms with Crippen molar-refractivity contribution in [1.29, 1.82) is 0 Å². The number of hydrogen-bond acceptors (Lipinski definition) is 3. The van der Waals surface area contributed by atoms with E-state index in [9.17, 15) is 18.0 Å². The van der Waals surface area contributed by atoms with Crippen LogP contribution in [0.2, 0.25) is 5.02 Å². The first-order valence-electron chi connectivity index (χ1n) is 7.50. The van der Waals surface area contributed by atoms with E-state index in [1.807, 2.05) is 0 Å². The Morgan fingerprint density at radius 3 is 2.24 bits per heavy atom. The molecular formula is C18H14ClF3O3. The van der Waals surface area contributed by atoms with Crippen LogP contribution in [-0.4, -0.2) is 19.3 Å². The Morgan fingerprint density at radius 2 is 1.76 bits per heavy atom. The summed E-state index contributed by atoms with van der Waals surface area (Å²) in [4.78, 5) is 11.4. The van der Waals surface area contributed by atoms with Crippen molar-refractivity contribution in [2.45, 2.75) is 24.4 Å². The quantitative estimate of drug-likeness (QED) is 0.665. The van der Waals surface area contributed by atoms with Crippen LogP contribution >= 0.6 is 11.6 Å². The lowest BCUT2D eigenvalue weighted by molar-refractivity contribution is -0.160. The van der Waals surface area contributed by atoms with Crippen LogP contribution in [0.4, 0.5) is 13.2 Å². The molecule has 0 spiro atoms. The van der Waals surface area contributed by atoms with Crippen molar-refractivity contribution < 1.29 is 27.4 Å². The van der Waals surface area contributed by atoms with Gasteiger partial charge in [0.1, 0.15) is 11.5 Å².